The highest BCUT2D eigenvalue weighted by atomic mass is 32.2. The lowest BCUT2D eigenvalue weighted by atomic mass is 10.1. The van der Waals surface area contributed by atoms with Gasteiger partial charge in [0.25, 0.3) is 0 Å². The summed E-state index contributed by atoms with van der Waals surface area (Å²) in [7, 11) is -4.01. The van der Waals surface area contributed by atoms with Crippen LogP contribution in [0.5, 0.6) is 5.75 Å². The molecule has 0 atom stereocenters. The smallest absolute Gasteiger partial charge is 0.339 e. The van der Waals surface area contributed by atoms with E-state index in [1.807, 2.05) is 6.92 Å². The molecule has 0 saturated carbocycles. The van der Waals surface area contributed by atoms with E-state index in [2.05, 4.69) is 20.5 Å². The van der Waals surface area contributed by atoms with E-state index in [0.717, 1.165) is 5.56 Å². The van der Waals surface area contributed by atoms with Crippen molar-refractivity contribution >= 4 is 21.0 Å². The van der Waals surface area contributed by atoms with Gasteiger partial charge in [-0.2, -0.15) is 8.42 Å². The zero-order chi connectivity index (χ0) is 18.1. The van der Waals surface area contributed by atoms with Crippen molar-refractivity contribution in [3.8, 4) is 11.4 Å². The van der Waals surface area contributed by atoms with Gasteiger partial charge in [-0.25, -0.2) is 4.68 Å². The molecule has 2 aromatic carbocycles. The van der Waals surface area contributed by atoms with Crippen molar-refractivity contribution in [1.29, 1.82) is 0 Å². The van der Waals surface area contributed by atoms with E-state index in [4.69, 9.17) is 4.18 Å². The van der Waals surface area contributed by atoms with Gasteiger partial charge >= 0.3 is 10.1 Å². The highest BCUT2D eigenvalue weighted by Crippen LogP contribution is 2.27. The molecule has 130 valence electrons. The summed E-state index contributed by atoms with van der Waals surface area (Å²) < 4.78 is 32.3. The minimum Gasteiger partial charge on any atom is -0.379 e. The molecule has 4 aromatic rings. The predicted molar refractivity (Wildman–Crippen MR) is 93.4 cm³/mol. The van der Waals surface area contributed by atoms with Gasteiger partial charge in [0.2, 0.25) is 0 Å². The second-order valence-electron chi connectivity index (χ2n) is 5.57. The van der Waals surface area contributed by atoms with Gasteiger partial charge in [0.1, 0.15) is 17.0 Å². The number of hydrogen-bond donors (Lipinski definition) is 0. The van der Waals surface area contributed by atoms with Crippen LogP contribution in [-0.2, 0) is 10.1 Å². The number of pyridine rings is 1. The summed E-state index contributed by atoms with van der Waals surface area (Å²) in [5.74, 6) is 0.194. The molecule has 0 spiro atoms. The third kappa shape index (κ3) is 2.88. The number of fused-ring (bicyclic) bond motifs is 1. The third-order valence-electron chi connectivity index (χ3n) is 3.86. The second-order valence-corrected chi connectivity index (χ2v) is 7.08. The highest BCUT2D eigenvalue weighted by Gasteiger charge is 2.21. The summed E-state index contributed by atoms with van der Waals surface area (Å²) in [6.07, 6.45) is 3.07. The monoisotopic (exact) mass is 367 g/mol. The molecule has 0 unspecified atom stereocenters. The van der Waals surface area contributed by atoms with E-state index in [9.17, 15) is 8.42 Å². The number of benzene rings is 2. The van der Waals surface area contributed by atoms with E-state index in [-0.39, 0.29) is 10.6 Å². The van der Waals surface area contributed by atoms with Crippen LogP contribution in [0.2, 0.25) is 0 Å². The van der Waals surface area contributed by atoms with Crippen LogP contribution in [0.25, 0.3) is 16.6 Å². The summed E-state index contributed by atoms with van der Waals surface area (Å²) in [6, 6.07) is 13.1. The van der Waals surface area contributed by atoms with Gasteiger partial charge in [-0.1, -0.05) is 6.07 Å². The van der Waals surface area contributed by atoms with Crippen molar-refractivity contribution in [2.24, 2.45) is 0 Å². The lowest BCUT2D eigenvalue weighted by Crippen LogP contribution is -2.11. The first-order valence-corrected chi connectivity index (χ1v) is 9.08. The summed E-state index contributed by atoms with van der Waals surface area (Å²) in [5, 5.41) is 11.4. The van der Waals surface area contributed by atoms with Gasteiger partial charge < -0.3 is 4.18 Å². The molecule has 0 aliphatic heterocycles. The van der Waals surface area contributed by atoms with Gasteiger partial charge in [0.05, 0.1) is 11.2 Å². The zero-order valence-corrected chi connectivity index (χ0v) is 14.5. The topological polar surface area (TPSA) is 99.9 Å². The predicted octanol–water partition coefficient (Wildman–Crippen LogP) is 2.29. The van der Waals surface area contributed by atoms with Crippen molar-refractivity contribution < 1.29 is 12.6 Å². The molecule has 9 heteroatoms. The molecule has 0 saturated heterocycles. The van der Waals surface area contributed by atoms with Gasteiger partial charge in [-0.05, 0) is 65.4 Å². The Morgan fingerprint density at radius 2 is 1.85 bits per heavy atom. The fourth-order valence-electron chi connectivity index (χ4n) is 2.61. The van der Waals surface area contributed by atoms with Crippen LogP contribution in [0, 0.1) is 6.92 Å². The number of rotatable bonds is 4. The first kappa shape index (κ1) is 16.2. The number of aromatic nitrogens is 5. The average molecular weight is 367 g/mol. The van der Waals surface area contributed by atoms with Crippen molar-refractivity contribution in [3.05, 3.63) is 66.6 Å². The largest absolute Gasteiger partial charge is 0.379 e. The van der Waals surface area contributed by atoms with E-state index in [0.29, 0.717) is 16.6 Å². The number of nitrogens with zero attached hydrogens (tertiary/aromatic N) is 5. The molecular weight excluding hydrogens is 354 g/mol. The lowest BCUT2D eigenvalue weighted by Gasteiger charge is -2.11. The van der Waals surface area contributed by atoms with Crippen LogP contribution in [0.3, 0.4) is 0 Å². The molecule has 4 rings (SSSR count). The molecule has 2 heterocycles. The summed E-state index contributed by atoms with van der Waals surface area (Å²) in [4.78, 5) is 4.34. The Morgan fingerprint density at radius 1 is 1.04 bits per heavy atom. The van der Waals surface area contributed by atoms with Gasteiger partial charge in [0.15, 0.2) is 0 Å². The quantitative estimate of drug-likeness (QED) is 0.510. The number of tetrazole rings is 1. The summed E-state index contributed by atoms with van der Waals surface area (Å²) >= 11 is 0. The maximum absolute atomic E-state index is 12.8. The molecule has 2 aromatic heterocycles. The Bertz CT molecular complexity index is 1170. The summed E-state index contributed by atoms with van der Waals surface area (Å²) in [5.41, 5.74) is 2.21. The number of hydrogen-bond acceptors (Lipinski definition) is 7. The maximum Gasteiger partial charge on any atom is 0.339 e. The van der Waals surface area contributed by atoms with E-state index in [1.165, 1.54) is 17.1 Å². The van der Waals surface area contributed by atoms with Crippen LogP contribution in [0.1, 0.15) is 5.56 Å². The van der Waals surface area contributed by atoms with Crippen molar-refractivity contribution in [3.63, 3.8) is 0 Å². The van der Waals surface area contributed by atoms with Crippen LogP contribution in [0.15, 0.2) is 66.0 Å². The summed E-state index contributed by atoms with van der Waals surface area (Å²) in [6.45, 7) is 1.88. The van der Waals surface area contributed by atoms with Crippen LogP contribution < -0.4 is 4.18 Å². The van der Waals surface area contributed by atoms with Crippen LogP contribution in [-0.4, -0.2) is 33.6 Å². The zero-order valence-electron chi connectivity index (χ0n) is 13.6. The minimum absolute atomic E-state index is 0.0794. The second kappa shape index (κ2) is 6.19. The molecule has 0 N–H and O–H groups in total. The Morgan fingerprint density at radius 3 is 2.58 bits per heavy atom. The van der Waals surface area contributed by atoms with Crippen LogP contribution in [0.4, 0.5) is 0 Å². The SMILES string of the molecule is Cc1ccc(S(=O)(=O)Oc2ccc(-n3cnnn3)cc2)c2cccnc12. The van der Waals surface area contributed by atoms with Crippen molar-refractivity contribution in [1.82, 2.24) is 25.2 Å². The molecule has 0 fully saturated rings. The molecule has 0 aliphatic carbocycles. The molecule has 0 radical (unpaired) electrons. The van der Waals surface area contributed by atoms with E-state index >= 15 is 0 Å². The molecule has 0 aliphatic rings. The Balaban J connectivity index is 1.69. The first-order chi connectivity index (χ1) is 12.5. The average Bonchev–Trinajstić information content (AvgIpc) is 3.17. The van der Waals surface area contributed by atoms with Gasteiger partial charge in [0, 0.05) is 11.6 Å². The maximum atomic E-state index is 12.8. The Hall–Kier alpha value is -3.33. The molecule has 8 nitrogen and oxygen atoms in total. The Kier molecular flexibility index (Phi) is 3.85. The number of aryl methyl sites for hydroxylation is 1. The fourth-order valence-corrected chi connectivity index (χ4v) is 3.73. The van der Waals surface area contributed by atoms with Crippen molar-refractivity contribution in [2.45, 2.75) is 11.8 Å². The fraction of sp³-hybridized carbons (Fsp3) is 0.0588. The van der Waals surface area contributed by atoms with Gasteiger partial charge in [-0.15, -0.1) is 5.10 Å². The highest BCUT2D eigenvalue weighted by molar-refractivity contribution is 7.87. The lowest BCUT2D eigenvalue weighted by molar-refractivity contribution is 0.487. The Labute approximate surface area is 149 Å². The van der Waals surface area contributed by atoms with Crippen molar-refractivity contribution in [2.75, 3.05) is 0 Å². The molecule has 0 bridgehead atoms. The third-order valence-corrected chi connectivity index (χ3v) is 5.16. The van der Waals surface area contributed by atoms with Gasteiger partial charge in [-0.3, -0.25) is 4.98 Å². The van der Waals surface area contributed by atoms with E-state index in [1.54, 1.807) is 48.7 Å². The molecule has 0 amide bonds. The standard InChI is InChI=1S/C17H13N5O3S/c1-12-4-9-16(15-3-2-10-18-17(12)15)26(23,24)25-14-7-5-13(6-8-14)22-11-19-20-21-22/h2-11H,1H3. The first-order valence-electron chi connectivity index (χ1n) is 7.67. The van der Waals surface area contributed by atoms with E-state index < -0.39 is 10.1 Å². The normalized spacial score (nSPS) is 11.6. The molecule has 26 heavy (non-hydrogen) atoms. The van der Waals surface area contributed by atoms with Crippen LogP contribution >= 0.6 is 0 Å². The minimum atomic E-state index is -4.01. The molecular formula is C17H13N5O3S.